The first kappa shape index (κ1) is 15.4. The first-order valence-electron chi connectivity index (χ1n) is 8.00. The number of amides is 1. The highest BCUT2D eigenvalue weighted by atomic mass is 16.1. The van der Waals surface area contributed by atoms with Gasteiger partial charge in [-0.3, -0.25) is 9.78 Å². The molecule has 0 saturated heterocycles. The van der Waals surface area contributed by atoms with Crippen LogP contribution in [0.4, 0.5) is 5.82 Å². The third-order valence-electron chi connectivity index (χ3n) is 3.96. The Morgan fingerprint density at radius 3 is 2.87 bits per heavy atom. The number of carbonyl (C=O) groups is 1. The smallest absolute Gasteiger partial charge is 0.270 e. The highest BCUT2D eigenvalue weighted by Crippen LogP contribution is 2.18. The van der Waals surface area contributed by atoms with Gasteiger partial charge in [-0.2, -0.15) is 0 Å². The van der Waals surface area contributed by atoms with E-state index in [0.717, 1.165) is 18.4 Å². The van der Waals surface area contributed by atoms with Crippen LogP contribution in [0.5, 0.6) is 0 Å². The van der Waals surface area contributed by atoms with Crippen molar-refractivity contribution in [1.82, 2.24) is 20.3 Å². The summed E-state index contributed by atoms with van der Waals surface area (Å²) in [6.45, 7) is 2.40. The molecule has 0 atom stereocenters. The zero-order valence-electron chi connectivity index (χ0n) is 13.2. The number of anilines is 1. The molecule has 1 aliphatic carbocycles. The number of carbonyl (C=O) groups excluding carboxylic acids is 1. The maximum atomic E-state index is 12.3. The summed E-state index contributed by atoms with van der Waals surface area (Å²) in [5.74, 6) is 1.11. The number of aromatic nitrogens is 3. The Hall–Kier alpha value is -2.50. The van der Waals surface area contributed by atoms with Gasteiger partial charge in [0.1, 0.15) is 17.3 Å². The second-order valence-corrected chi connectivity index (χ2v) is 5.86. The first-order chi connectivity index (χ1) is 11.2. The summed E-state index contributed by atoms with van der Waals surface area (Å²) in [4.78, 5) is 25.0. The molecule has 0 unspecified atom stereocenters. The lowest BCUT2D eigenvalue weighted by atomic mass is 10.2. The van der Waals surface area contributed by atoms with Crippen LogP contribution in [0.15, 0.2) is 30.6 Å². The van der Waals surface area contributed by atoms with Gasteiger partial charge in [0.2, 0.25) is 0 Å². The molecule has 0 spiro atoms. The van der Waals surface area contributed by atoms with Gasteiger partial charge < -0.3 is 10.6 Å². The van der Waals surface area contributed by atoms with Gasteiger partial charge in [-0.1, -0.05) is 18.9 Å². The maximum absolute atomic E-state index is 12.3. The second kappa shape index (κ2) is 7.17. The standard InChI is InChI=1S/C17H21N5O/c1-12-20-15(17(23)22-14-6-2-3-7-14)9-16(21-12)19-11-13-5-4-8-18-10-13/h4-5,8-10,14H,2-3,6-7,11H2,1H3,(H,22,23)(H,19,20,21). The molecule has 0 radical (unpaired) electrons. The molecule has 3 rings (SSSR count). The minimum atomic E-state index is -0.119. The third kappa shape index (κ3) is 4.25. The fourth-order valence-electron chi connectivity index (χ4n) is 2.80. The number of rotatable bonds is 5. The van der Waals surface area contributed by atoms with Crippen LogP contribution in [0.2, 0.25) is 0 Å². The molecular formula is C17H21N5O. The summed E-state index contributed by atoms with van der Waals surface area (Å²) in [7, 11) is 0. The van der Waals surface area contributed by atoms with Crippen molar-refractivity contribution >= 4 is 11.7 Å². The van der Waals surface area contributed by atoms with Crippen molar-refractivity contribution in [3.8, 4) is 0 Å². The van der Waals surface area contributed by atoms with E-state index in [9.17, 15) is 4.79 Å². The predicted octanol–water partition coefficient (Wildman–Crippen LogP) is 2.46. The topological polar surface area (TPSA) is 79.8 Å². The molecule has 6 nitrogen and oxygen atoms in total. The summed E-state index contributed by atoms with van der Waals surface area (Å²) >= 11 is 0. The zero-order valence-corrected chi connectivity index (χ0v) is 13.2. The van der Waals surface area contributed by atoms with E-state index >= 15 is 0 Å². The molecule has 2 heterocycles. The average molecular weight is 311 g/mol. The van der Waals surface area contributed by atoms with Crippen LogP contribution in [0, 0.1) is 6.92 Å². The van der Waals surface area contributed by atoms with Crippen molar-refractivity contribution < 1.29 is 4.79 Å². The van der Waals surface area contributed by atoms with E-state index in [-0.39, 0.29) is 11.9 Å². The van der Waals surface area contributed by atoms with E-state index in [1.54, 1.807) is 25.4 Å². The van der Waals surface area contributed by atoms with Crippen LogP contribution >= 0.6 is 0 Å². The van der Waals surface area contributed by atoms with Crippen molar-refractivity contribution in [2.24, 2.45) is 0 Å². The number of hydrogen-bond acceptors (Lipinski definition) is 5. The first-order valence-corrected chi connectivity index (χ1v) is 8.00. The van der Waals surface area contributed by atoms with Crippen LogP contribution in [0.25, 0.3) is 0 Å². The Morgan fingerprint density at radius 1 is 1.30 bits per heavy atom. The van der Waals surface area contributed by atoms with Gasteiger partial charge in [0.15, 0.2) is 0 Å². The fraction of sp³-hybridized carbons (Fsp3) is 0.412. The van der Waals surface area contributed by atoms with E-state index in [0.29, 0.717) is 23.9 Å². The van der Waals surface area contributed by atoms with Gasteiger partial charge in [0, 0.05) is 31.0 Å². The number of nitrogens with zero attached hydrogens (tertiary/aromatic N) is 3. The molecule has 0 aliphatic heterocycles. The largest absolute Gasteiger partial charge is 0.366 e. The highest BCUT2D eigenvalue weighted by molar-refractivity contribution is 5.93. The molecule has 1 aliphatic rings. The molecule has 2 N–H and O–H groups in total. The van der Waals surface area contributed by atoms with Crippen LogP contribution in [-0.2, 0) is 6.54 Å². The number of pyridine rings is 1. The zero-order chi connectivity index (χ0) is 16.1. The summed E-state index contributed by atoms with van der Waals surface area (Å²) in [5.41, 5.74) is 1.47. The monoisotopic (exact) mass is 311 g/mol. The Balaban J connectivity index is 1.67. The van der Waals surface area contributed by atoms with Gasteiger partial charge in [-0.15, -0.1) is 0 Å². The van der Waals surface area contributed by atoms with E-state index in [1.165, 1.54) is 12.8 Å². The molecule has 0 aromatic carbocycles. The molecule has 0 bridgehead atoms. The van der Waals surface area contributed by atoms with Gasteiger partial charge in [-0.25, -0.2) is 9.97 Å². The van der Waals surface area contributed by atoms with Gasteiger partial charge in [0.05, 0.1) is 0 Å². The lowest BCUT2D eigenvalue weighted by molar-refractivity contribution is 0.0932. The Morgan fingerprint density at radius 2 is 2.13 bits per heavy atom. The van der Waals surface area contributed by atoms with Crippen LogP contribution in [0.1, 0.15) is 47.6 Å². The average Bonchev–Trinajstić information content (AvgIpc) is 3.06. The Bertz CT molecular complexity index is 668. The van der Waals surface area contributed by atoms with Crippen molar-refractivity contribution in [3.05, 3.63) is 47.7 Å². The van der Waals surface area contributed by atoms with Gasteiger partial charge in [-0.05, 0) is 31.4 Å². The molecule has 120 valence electrons. The van der Waals surface area contributed by atoms with Crippen LogP contribution in [0.3, 0.4) is 0 Å². The molecular weight excluding hydrogens is 290 g/mol. The minimum Gasteiger partial charge on any atom is -0.366 e. The minimum absolute atomic E-state index is 0.119. The quantitative estimate of drug-likeness (QED) is 0.886. The normalized spacial score (nSPS) is 14.7. The molecule has 1 fully saturated rings. The Labute approximate surface area is 135 Å². The van der Waals surface area contributed by atoms with Crippen molar-refractivity contribution in [1.29, 1.82) is 0 Å². The van der Waals surface area contributed by atoms with Gasteiger partial charge >= 0.3 is 0 Å². The molecule has 6 heteroatoms. The van der Waals surface area contributed by atoms with E-state index in [1.807, 2.05) is 12.1 Å². The number of aryl methyl sites for hydroxylation is 1. The Kier molecular flexibility index (Phi) is 4.80. The summed E-state index contributed by atoms with van der Waals surface area (Å²) < 4.78 is 0. The van der Waals surface area contributed by atoms with E-state index < -0.39 is 0 Å². The van der Waals surface area contributed by atoms with Crippen LogP contribution in [-0.4, -0.2) is 26.9 Å². The molecule has 1 amide bonds. The highest BCUT2D eigenvalue weighted by Gasteiger charge is 2.19. The van der Waals surface area contributed by atoms with Gasteiger partial charge in [0.25, 0.3) is 5.91 Å². The van der Waals surface area contributed by atoms with Crippen molar-refractivity contribution in [2.45, 2.75) is 45.2 Å². The second-order valence-electron chi connectivity index (χ2n) is 5.86. The molecule has 2 aromatic rings. The van der Waals surface area contributed by atoms with Crippen molar-refractivity contribution in [2.75, 3.05) is 5.32 Å². The van der Waals surface area contributed by atoms with Crippen molar-refractivity contribution in [3.63, 3.8) is 0 Å². The molecule has 2 aromatic heterocycles. The molecule has 23 heavy (non-hydrogen) atoms. The number of nitrogens with one attached hydrogen (secondary N) is 2. The number of hydrogen-bond donors (Lipinski definition) is 2. The van der Waals surface area contributed by atoms with Crippen LogP contribution < -0.4 is 10.6 Å². The van der Waals surface area contributed by atoms with E-state index in [2.05, 4.69) is 25.6 Å². The van der Waals surface area contributed by atoms with E-state index in [4.69, 9.17) is 0 Å². The lowest BCUT2D eigenvalue weighted by Crippen LogP contribution is -2.33. The summed E-state index contributed by atoms with van der Waals surface area (Å²) in [6, 6.07) is 5.86. The maximum Gasteiger partial charge on any atom is 0.270 e. The summed E-state index contributed by atoms with van der Waals surface area (Å²) in [5, 5.41) is 6.28. The molecule has 1 saturated carbocycles. The third-order valence-corrected chi connectivity index (χ3v) is 3.96. The fourth-order valence-corrected chi connectivity index (χ4v) is 2.80. The summed E-state index contributed by atoms with van der Waals surface area (Å²) in [6.07, 6.45) is 8.03. The predicted molar refractivity (Wildman–Crippen MR) is 88.1 cm³/mol. The lowest BCUT2D eigenvalue weighted by Gasteiger charge is -2.12. The SMILES string of the molecule is Cc1nc(NCc2cccnc2)cc(C(=O)NC2CCCC2)n1.